The highest BCUT2D eigenvalue weighted by atomic mass is 16.2. The Balaban J connectivity index is 1.74. The molecule has 1 aliphatic heterocycles. The maximum absolute atomic E-state index is 12.6. The number of pyridine rings is 1. The van der Waals surface area contributed by atoms with E-state index >= 15 is 0 Å². The van der Waals surface area contributed by atoms with Gasteiger partial charge in [0.1, 0.15) is 6.04 Å². The van der Waals surface area contributed by atoms with Gasteiger partial charge in [0, 0.05) is 18.3 Å². The minimum Gasteiger partial charge on any atom is -0.340 e. The zero-order valence-corrected chi connectivity index (χ0v) is 13.0. The Morgan fingerprint density at radius 1 is 1.33 bits per heavy atom. The molecule has 6 heteroatoms. The van der Waals surface area contributed by atoms with E-state index in [9.17, 15) is 9.59 Å². The fraction of sp³-hybridized carbons (Fsp3) is 0.222. The van der Waals surface area contributed by atoms with Crippen molar-refractivity contribution in [1.29, 1.82) is 5.26 Å². The number of hydrogen-bond donors (Lipinski definition) is 1. The monoisotopic (exact) mass is 320 g/mol. The van der Waals surface area contributed by atoms with Crippen molar-refractivity contribution >= 4 is 17.5 Å². The number of amides is 2. The molecule has 6 nitrogen and oxygen atoms in total. The second-order valence-electron chi connectivity index (χ2n) is 5.56. The zero-order chi connectivity index (χ0) is 16.9. The molecular formula is C18H16N4O2. The Kier molecular flexibility index (Phi) is 4.52. The van der Waals surface area contributed by atoms with Gasteiger partial charge in [0.05, 0.1) is 23.5 Å². The fourth-order valence-corrected chi connectivity index (χ4v) is 2.75. The topological polar surface area (TPSA) is 86.1 Å². The van der Waals surface area contributed by atoms with Crippen LogP contribution in [0.2, 0.25) is 0 Å². The predicted molar refractivity (Wildman–Crippen MR) is 88.2 cm³/mol. The van der Waals surface area contributed by atoms with E-state index in [2.05, 4.69) is 10.3 Å². The van der Waals surface area contributed by atoms with Crippen LogP contribution in [0.15, 0.2) is 48.8 Å². The summed E-state index contributed by atoms with van der Waals surface area (Å²) in [5.41, 5.74) is 1.52. The molecule has 0 unspecified atom stereocenters. The number of nitriles is 1. The van der Waals surface area contributed by atoms with E-state index in [0.717, 1.165) is 12.1 Å². The van der Waals surface area contributed by atoms with Gasteiger partial charge in [-0.15, -0.1) is 0 Å². The standard InChI is InChI=1S/C18H16N4O2/c19-11-13-4-1-5-14(10-13)17(23)21-16-7-3-9-22(18(16)24)15-6-2-8-20-12-15/h1-2,4-6,8,10,12,16H,3,7,9H2,(H,21,23)/t16-/m1/s1. The molecule has 3 rings (SSSR count). The summed E-state index contributed by atoms with van der Waals surface area (Å²) in [6, 6.07) is 11.5. The average molecular weight is 320 g/mol. The van der Waals surface area contributed by atoms with Crippen LogP contribution in [0.3, 0.4) is 0 Å². The van der Waals surface area contributed by atoms with Crippen LogP contribution in [-0.4, -0.2) is 29.4 Å². The molecule has 1 N–H and O–H groups in total. The highest BCUT2D eigenvalue weighted by Gasteiger charge is 2.31. The molecule has 0 spiro atoms. The number of carbonyl (C=O) groups is 2. The van der Waals surface area contributed by atoms with E-state index in [1.807, 2.05) is 12.1 Å². The van der Waals surface area contributed by atoms with Crippen molar-refractivity contribution in [2.75, 3.05) is 11.4 Å². The first-order valence-corrected chi connectivity index (χ1v) is 7.71. The Labute approximate surface area is 139 Å². The first-order chi connectivity index (χ1) is 11.7. The van der Waals surface area contributed by atoms with E-state index in [0.29, 0.717) is 24.1 Å². The van der Waals surface area contributed by atoms with Crippen molar-refractivity contribution in [1.82, 2.24) is 10.3 Å². The number of rotatable bonds is 3. The zero-order valence-electron chi connectivity index (χ0n) is 13.0. The summed E-state index contributed by atoms with van der Waals surface area (Å²) in [4.78, 5) is 30.7. The summed E-state index contributed by atoms with van der Waals surface area (Å²) in [5, 5.41) is 11.7. The maximum Gasteiger partial charge on any atom is 0.251 e. The van der Waals surface area contributed by atoms with Crippen molar-refractivity contribution in [3.8, 4) is 6.07 Å². The minimum absolute atomic E-state index is 0.140. The smallest absolute Gasteiger partial charge is 0.251 e. The number of benzene rings is 1. The van der Waals surface area contributed by atoms with Gasteiger partial charge in [-0.05, 0) is 43.2 Å². The van der Waals surface area contributed by atoms with Crippen molar-refractivity contribution in [3.05, 3.63) is 59.9 Å². The quantitative estimate of drug-likeness (QED) is 0.935. The van der Waals surface area contributed by atoms with Gasteiger partial charge in [-0.3, -0.25) is 14.6 Å². The molecule has 0 aliphatic carbocycles. The lowest BCUT2D eigenvalue weighted by atomic mass is 10.0. The van der Waals surface area contributed by atoms with Crippen molar-refractivity contribution in [2.45, 2.75) is 18.9 Å². The first kappa shape index (κ1) is 15.7. The van der Waals surface area contributed by atoms with Gasteiger partial charge in [0.2, 0.25) is 5.91 Å². The van der Waals surface area contributed by atoms with E-state index < -0.39 is 6.04 Å². The lowest BCUT2D eigenvalue weighted by Crippen LogP contribution is -2.52. The van der Waals surface area contributed by atoms with Crippen LogP contribution in [0.5, 0.6) is 0 Å². The molecule has 2 aromatic rings. The van der Waals surface area contributed by atoms with Gasteiger partial charge in [-0.25, -0.2) is 0 Å². The average Bonchev–Trinajstić information content (AvgIpc) is 2.64. The molecule has 0 radical (unpaired) electrons. The van der Waals surface area contributed by atoms with Crippen LogP contribution < -0.4 is 10.2 Å². The highest BCUT2D eigenvalue weighted by Crippen LogP contribution is 2.20. The van der Waals surface area contributed by atoms with Gasteiger partial charge in [0.25, 0.3) is 5.91 Å². The van der Waals surface area contributed by atoms with E-state index in [4.69, 9.17) is 5.26 Å². The molecule has 1 aromatic carbocycles. The lowest BCUT2D eigenvalue weighted by Gasteiger charge is -2.32. The Hall–Kier alpha value is -3.20. The molecule has 2 heterocycles. The number of aromatic nitrogens is 1. The van der Waals surface area contributed by atoms with Crippen molar-refractivity contribution in [3.63, 3.8) is 0 Å². The van der Waals surface area contributed by atoms with Crippen molar-refractivity contribution in [2.24, 2.45) is 0 Å². The van der Waals surface area contributed by atoms with Crippen LogP contribution in [0.4, 0.5) is 5.69 Å². The molecule has 1 aliphatic rings. The highest BCUT2D eigenvalue weighted by molar-refractivity contribution is 6.02. The van der Waals surface area contributed by atoms with Gasteiger partial charge >= 0.3 is 0 Å². The third-order valence-corrected chi connectivity index (χ3v) is 3.96. The Morgan fingerprint density at radius 3 is 2.96 bits per heavy atom. The number of nitrogens with one attached hydrogen (secondary N) is 1. The number of hydrogen-bond acceptors (Lipinski definition) is 4. The van der Waals surface area contributed by atoms with Crippen LogP contribution in [0, 0.1) is 11.3 Å². The molecule has 120 valence electrons. The van der Waals surface area contributed by atoms with E-state index in [1.54, 1.807) is 41.6 Å². The van der Waals surface area contributed by atoms with Gasteiger partial charge < -0.3 is 10.2 Å². The summed E-state index contributed by atoms with van der Waals surface area (Å²) in [6.07, 6.45) is 4.68. The summed E-state index contributed by atoms with van der Waals surface area (Å²) in [6.45, 7) is 0.612. The molecule has 2 amide bonds. The van der Waals surface area contributed by atoms with Crippen LogP contribution in [0.25, 0.3) is 0 Å². The lowest BCUT2D eigenvalue weighted by molar-refractivity contribution is -0.121. The maximum atomic E-state index is 12.6. The number of nitrogens with zero attached hydrogens (tertiary/aromatic N) is 3. The minimum atomic E-state index is -0.572. The van der Waals surface area contributed by atoms with Gasteiger partial charge in [-0.1, -0.05) is 6.07 Å². The summed E-state index contributed by atoms with van der Waals surface area (Å²) >= 11 is 0. The van der Waals surface area contributed by atoms with Crippen LogP contribution >= 0.6 is 0 Å². The molecule has 0 bridgehead atoms. The van der Waals surface area contributed by atoms with Crippen LogP contribution in [0.1, 0.15) is 28.8 Å². The van der Waals surface area contributed by atoms with Crippen LogP contribution in [-0.2, 0) is 4.79 Å². The molecule has 1 atom stereocenters. The first-order valence-electron chi connectivity index (χ1n) is 7.71. The molecule has 24 heavy (non-hydrogen) atoms. The number of carbonyl (C=O) groups excluding carboxylic acids is 2. The normalized spacial score (nSPS) is 17.2. The summed E-state index contributed by atoms with van der Waals surface area (Å²) in [5.74, 6) is -0.488. The third-order valence-electron chi connectivity index (χ3n) is 3.96. The third kappa shape index (κ3) is 3.25. The molecule has 1 fully saturated rings. The van der Waals surface area contributed by atoms with Gasteiger partial charge in [0.15, 0.2) is 0 Å². The summed E-state index contributed by atoms with van der Waals surface area (Å²) in [7, 11) is 0. The molecule has 0 saturated carbocycles. The summed E-state index contributed by atoms with van der Waals surface area (Å²) < 4.78 is 0. The molecule has 1 saturated heterocycles. The molecular weight excluding hydrogens is 304 g/mol. The Bertz CT molecular complexity index is 798. The second-order valence-corrected chi connectivity index (χ2v) is 5.56. The second kappa shape index (κ2) is 6.92. The molecule has 1 aromatic heterocycles. The van der Waals surface area contributed by atoms with Crippen molar-refractivity contribution < 1.29 is 9.59 Å². The predicted octanol–water partition coefficient (Wildman–Crippen LogP) is 1.88. The SMILES string of the molecule is N#Cc1cccc(C(=O)N[C@@H]2CCCN(c3cccnc3)C2=O)c1. The largest absolute Gasteiger partial charge is 0.340 e. The fourth-order valence-electron chi connectivity index (χ4n) is 2.75. The number of anilines is 1. The number of piperidine rings is 1. The van der Waals surface area contributed by atoms with E-state index in [1.165, 1.54) is 6.07 Å². The van der Waals surface area contributed by atoms with E-state index in [-0.39, 0.29) is 11.8 Å². The Morgan fingerprint density at radius 2 is 2.21 bits per heavy atom. The van der Waals surface area contributed by atoms with Gasteiger partial charge in [-0.2, -0.15) is 5.26 Å².